The highest BCUT2D eigenvalue weighted by Gasteiger charge is 2.25. The molecule has 0 bridgehead atoms. The van der Waals surface area contributed by atoms with Crippen molar-refractivity contribution in [3.8, 4) is 0 Å². The first kappa shape index (κ1) is 25.7. The summed E-state index contributed by atoms with van der Waals surface area (Å²) in [6, 6.07) is 5.46. The molecule has 4 heterocycles. The van der Waals surface area contributed by atoms with Gasteiger partial charge in [0.2, 0.25) is 6.41 Å². The van der Waals surface area contributed by atoms with Crippen molar-refractivity contribution in [3.05, 3.63) is 45.7 Å². The molecule has 8 nitrogen and oxygen atoms in total. The maximum absolute atomic E-state index is 11.1. The van der Waals surface area contributed by atoms with Crippen LogP contribution in [0.3, 0.4) is 0 Å². The molecule has 1 unspecified atom stereocenters. The van der Waals surface area contributed by atoms with Gasteiger partial charge in [0.1, 0.15) is 11.3 Å². The summed E-state index contributed by atoms with van der Waals surface area (Å²) in [7, 11) is 0. The van der Waals surface area contributed by atoms with Gasteiger partial charge in [-0.3, -0.25) is 4.79 Å². The van der Waals surface area contributed by atoms with E-state index >= 15 is 0 Å². The van der Waals surface area contributed by atoms with E-state index in [4.69, 9.17) is 28.2 Å². The molecule has 2 atom stereocenters. The lowest BCUT2D eigenvalue weighted by molar-refractivity contribution is -0.120. The zero-order valence-corrected chi connectivity index (χ0v) is 22.1. The molecular formula is C25H33Cl2N7O. The maximum atomic E-state index is 11.1. The predicted molar refractivity (Wildman–Crippen MR) is 142 cm³/mol. The zero-order chi connectivity index (χ0) is 24.9. The van der Waals surface area contributed by atoms with Crippen LogP contribution in [0.1, 0.15) is 50.4 Å². The van der Waals surface area contributed by atoms with Crippen LogP contribution in [0.4, 0.5) is 5.82 Å². The molecule has 0 saturated carbocycles. The number of carbonyl (C=O) groups is 1. The van der Waals surface area contributed by atoms with Crippen LogP contribution >= 0.6 is 23.2 Å². The number of hydrogen-bond donors (Lipinski definition) is 1. The van der Waals surface area contributed by atoms with Gasteiger partial charge in [-0.15, -0.1) is 0 Å². The van der Waals surface area contributed by atoms with E-state index < -0.39 is 0 Å². The number of piperazine rings is 1. The van der Waals surface area contributed by atoms with Crippen molar-refractivity contribution in [3.63, 3.8) is 0 Å². The van der Waals surface area contributed by atoms with E-state index in [1.54, 1.807) is 12.3 Å². The van der Waals surface area contributed by atoms with Crippen LogP contribution in [0, 0.1) is 6.92 Å². The first-order valence-corrected chi connectivity index (χ1v) is 13.0. The van der Waals surface area contributed by atoms with Crippen LogP contribution in [-0.4, -0.2) is 69.8 Å². The van der Waals surface area contributed by atoms with Gasteiger partial charge in [0.05, 0.1) is 17.9 Å². The minimum Gasteiger partial charge on any atom is -0.351 e. The van der Waals surface area contributed by atoms with Crippen LogP contribution in [0.25, 0.3) is 11.2 Å². The maximum Gasteiger partial charge on any atom is 0.210 e. The highest BCUT2D eigenvalue weighted by molar-refractivity contribution is 6.35. The van der Waals surface area contributed by atoms with Gasteiger partial charge in [0.25, 0.3) is 0 Å². The summed E-state index contributed by atoms with van der Waals surface area (Å²) in [6.45, 7) is 10.6. The van der Waals surface area contributed by atoms with Crippen LogP contribution in [-0.2, 0) is 4.79 Å². The highest BCUT2D eigenvalue weighted by atomic mass is 35.5. The lowest BCUT2D eigenvalue weighted by Crippen LogP contribution is -2.51. The second-order valence-corrected chi connectivity index (χ2v) is 10.1. The molecule has 1 N–H and O–H groups in total. The fourth-order valence-corrected chi connectivity index (χ4v) is 5.14. The van der Waals surface area contributed by atoms with E-state index in [1.165, 1.54) is 32.4 Å². The number of carbonyl (C=O) groups excluding carboxylic acids is 1. The van der Waals surface area contributed by atoms with Gasteiger partial charge in [-0.2, -0.15) is 5.10 Å². The average molecular weight is 518 g/mol. The van der Waals surface area contributed by atoms with Crippen LogP contribution < -0.4 is 10.2 Å². The SMILES string of the molecule is C1CCNCC1.Cc1nn(C(C)c2ccc(Cl)cc2Cl)c2nc(N3CCN(C=O)[C@@H](C)C3)cnc12. The molecule has 0 radical (unpaired) electrons. The first-order valence-electron chi connectivity index (χ1n) is 12.2. The van der Waals surface area contributed by atoms with E-state index in [0.29, 0.717) is 28.8 Å². The lowest BCUT2D eigenvalue weighted by atomic mass is 10.1. The third-order valence-electron chi connectivity index (χ3n) is 6.68. The Balaban J connectivity index is 0.000000421. The number of aromatic nitrogens is 4. The van der Waals surface area contributed by atoms with Crippen molar-refractivity contribution >= 4 is 46.6 Å². The minimum atomic E-state index is -0.133. The summed E-state index contributed by atoms with van der Waals surface area (Å²) in [5, 5.41) is 9.16. The molecule has 2 aliphatic heterocycles. The molecule has 5 rings (SSSR count). The largest absolute Gasteiger partial charge is 0.351 e. The molecule has 35 heavy (non-hydrogen) atoms. The molecule has 2 fully saturated rings. The second-order valence-electron chi connectivity index (χ2n) is 9.22. The van der Waals surface area contributed by atoms with Gasteiger partial charge in [-0.1, -0.05) is 35.7 Å². The molecule has 0 aliphatic carbocycles. The standard InChI is InChI=1S/C20H22Cl2N6O.C5H11N/c1-12-10-26(6-7-27(12)11-29)18-9-23-19-13(2)25-28(20(19)24-18)14(3)16-5-4-15(21)8-17(16)22;1-2-4-6-5-3-1/h4-5,8-9,11-12,14H,6-7,10H2,1-3H3;6H,1-5H2/t12-,14?;/m0./s1. The summed E-state index contributed by atoms with van der Waals surface area (Å²) in [5.41, 5.74) is 3.21. The molecule has 1 amide bonds. The molecule has 1 aromatic carbocycles. The van der Waals surface area contributed by atoms with Gasteiger partial charge in [-0.05, 0) is 64.4 Å². The molecule has 3 aromatic rings. The minimum absolute atomic E-state index is 0.122. The van der Waals surface area contributed by atoms with Crippen LogP contribution in [0.2, 0.25) is 10.0 Å². The smallest absolute Gasteiger partial charge is 0.210 e. The van der Waals surface area contributed by atoms with Crippen molar-refractivity contribution in [1.29, 1.82) is 0 Å². The topological polar surface area (TPSA) is 79.2 Å². The Morgan fingerprint density at radius 2 is 1.94 bits per heavy atom. The Labute approximate surface area is 216 Å². The number of aryl methyl sites for hydroxylation is 1. The number of rotatable bonds is 4. The summed E-state index contributed by atoms with van der Waals surface area (Å²) in [5.74, 6) is 0.783. The molecule has 0 spiro atoms. The van der Waals surface area contributed by atoms with Crippen LogP contribution in [0.5, 0.6) is 0 Å². The fraction of sp³-hybridized carbons (Fsp3) is 0.520. The molecular weight excluding hydrogens is 485 g/mol. The summed E-state index contributed by atoms with van der Waals surface area (Å²) < 4.78 is 1.86. The van der Waals surface area contributed by atoms with Crippen LogP contribution in [0.15, 0.2) is 24.4 Å². The molecule has 188 valence electrons. The molecule has 2 aromatic heterocycles. The van der Waals surface area contributed by atoms with Crippen molar-refractivity contribution in [2.45, 2.75) is 52.1 Å². The average Bonchev–Trinajstić information content (AvgIpc) is 3.21. The third kappa shape index (κ3) is 5.88. The summed E-state index contributed by atoms with van der Waals surface area (Å²) in [4.78, 5) is 24.6. The first-order chi connectivity index (χ1) is 16.9. The number of nitrogens with one attached hydrogen (secondary N) is 1. The van der Waals surface area contributed by atoms with E-state index in [0.717, 1.165) is 35.5 Å². The van der Waals surface area contributed by atoms with E-state index in [2.05, 4.69) is 20.3 Å². The fourth-order valence-electron chi connectivity index (χ4n) is 4.57. The van der Waals surface area contributed by atoms with Gasteiger partial charge < -0.3 is 15.1 Å². The number of halogens is 2. The number of piperidine rings is 1. The summed E-state index contributed by atoms with van der Waals surface area (Å²) in [6.07, 6.45) is 6.91. The monoisotopic (exact) mass is 517 g/mol. The highest BCUT2D eigenvalue weighted by Crippen LogP contribution is 2.31. The zero-order valence-electron chi connectivity index (χ0n) is 20.5. The Morgan fingerprint density at radius 3 is 2.54 bits per heavy atom. The van der Waals surface area contributed by atoms with Crippen molar-refractivity contribution in [1.82, 2.24) is 30.0 Å². The van der Waals surface area contributed by atoms with Gasteiger partial charge >= 0.3 is 0 Å². The third-order valence-corrected chi connectivity index (χ3v) is 7.25. The normalized spacial score (nSPS) is 19.3. The molecule has 2 aliphatic rings. The quantitative estimate of drug-likeness (QED) is 0.514. The Hall–Kier alpha value is -2.42. The van der Waals surface area contributed by atoms with Gasteiger partial charge in [-0.25, -0.2) is 14.6 Å². The van der Waals surface area contributed by atoms with Crippen molar-refractivity contribution < 1.29 is 4.79 Å². The second kappa shape index (κ2) is 11.5. The number of benzene rings is 1. The van der Waals surface area contributed by atoms with E-state index in [9.17, 15) is 4.79 Å². The predicted octanol–water partition coefficient (Wildman–Crippen LogP) is 4.48. The van der Waals surface area contributed by atoms with Crippen molar-refractivity contribution in [2.24, 2.45) is 0 Å². The Morgan fingerprint density at radius 1 is 1.17 bits per heavy atom. The number of nitrogens with zero attached hydrogens (tertiary/aromatic N) is 6. The number of anilines is 1. The van der Waals surface area contributed by atoms with E-state index in [1.807, 2.05) is 42.5 Å². The van der Waals surface area contributed by atoms with Gasteiger partial charge in [0, 0.05) is 35.7 Å². The molecule has 10 heteroatoms. The van der Waals surface area contributed by atoms with Gasteiger partial charge in [0.15, 0.2) is 5.65 Å². The Bertz CT molecular complexity index is 1150. The number of fused-ring (bicyclic) bond motifs is 1. The number of amides is 1. The Kier molecular flexibility index (Phi) is 8.46. The lowest BCUT2D eigenvalue weighted by Gasteiger charge is -2.38. The summed E-state index contributed by atoms with van der Waals surface area (Å²) >= 11 is 12.5. The number of hydrogen-bond acceptors (Lipinski definition) is 6. The van der Waals surface area contributed by atoms with E-state index in [-0.39, 0.29) is 12.1 Å². The molecule has 2 saturated heterocycles. The van der Waals surface area contributed by atoms with Crippen molar-refractivity contribution in [2.75, 3.05) is 37.6 Å².